The molecular weight excluding hydrogens is 422 g/mol. The minimum atomic E-state index is -1.04. The first kappa shape index (κ1) is 22.0. The van der Waals surface area contributed by atoms with Crippen LogP contribution in [0.2, 0.25) is 0 Å². The second-order valence-electron chi connectivity index (χ2n) is 7.71. The van der Waals surface area contributed by atoms with E-state index >= 15 is 0 Å². The molecule has 2 aromatic rings. The maximum atomic E-state index is 14.6. The molecule has 0 bridgehead atoms. The van der Waals surface area contributed by atoms with Gasteiger partial charge in [0.1, 0.15) is 5.75 Å². The third-order valence-electron chi connectivity index (χ3n) is 5.18. The number of hydrogen-bond acceptors (Lipinski definition) is 8. The van der Waals surface area contributed by atoms with Crippen molar-refractivity contribution < 1.29 is 27.8 Å². The van der Waals surface area contributed by atoms with Gasteiger partial charge in [-0.25, -0.2) is 4.39 Å². The Labute approximate surface area is 184 Å². The quantitative estimate of drug-likeness (QED) is 0.578. The lowest BCUT2D eigenvalue weighted by Gasteiger charge is -2.44. The number of halogens is 2. The molecule has 4 rings (SSSR count). The zero-order valence-corrected chi connectivity index (χ0v) is 18.0. The minimum absolute atomic E-state index is 0.193. The van der Waals surface area contributed by atoms with E-state index in [0.29, 0.717) is 30.6 Å². The molecule has 2 aliphatic heterocycles. The van der Waals surface area contributed by atoms with E-state index < -0.39 is 24.1 Å². The van der Waals surface area contributed by atoms with Crippen LogP contribution in [0.5, 0.6) is 11.5 Å². The SMILES string of the molecule is COc1ccc(C2=NN(N3CCC3Oc3ccc(CN(C)C)c(F)c3F)C(C=O)O2)cc1. The molecule has 170 valence electrons. The largest absolute Gasteiger partial charge is 0.497 e. The number of methoxy groups -OCH3 is 1. The Morgan fingerprint density at radius 1 is 1.19 bits per heavy atom. The lowest BCUT2D eigenvalue weighted by molar-refractivity contribution is -0.219. The molecule has 0 amide bonds. The van der Waals surface area contributed by atoms with E-state index in [0.717, 1.165) is 0 Å². The van der Waals surface area contributed by atoms with Crippen LogP contribution >= 0.6 is 0 Å². The number of rotatable bonds is 8. The fraction of sp³-hybridized carbons (Fsp3) is 0.364. The summed E-state index contributed by atoms with van der Waals surface area (Å²) >= 11 is 0. The number of ether oxygens (including phenoxy) is 3. The van der Waals surface area contributed by atoms with Crippen molar-refractivity contribution in [2.45, 2.75) is 25.4 Å². The van der Waals surface area contributed by atoms with Crippen LogP contribution < -0.4 is 9.47 Å². The third kappa shape index (κ3) is 4.23. The molecule has 2 atom stereocenters. The molecule has 0 saturated carbocycles. The molecule has 10 heteroatoms. The van der Waals surface area contributed by atoms with Crippen LogP contribution in [-0.2, 0) is 16.1 Å². The summed E-state index contributed by atoms with van der Waals surface area (Å²) in [7, 11) is 5.11. The molecule has 0 N–H and O–H groups in total. The topological polar surface area (TPSA) is 66.8 Å². The van der Waals surface area contributed by atoms with E-state index in [2.05, 4.69) is 5.10 Å². The molecule has 0 aliphatic carbocycles. The Bertz CT molecular complexity index is 1020. The average Bonchev–Trinajstić information content (AvgIpc) is 3.19. The van der Waals surface area contributed by atoms with Crippen LogP contribution in [0, 0.1) is 11.6 Å². The van der Waals surface area contributed by atoms with Crippen molar-refractivity contribution in [2.75, 3.05) is 27.7 Å². The van der Waals surface area contributed by atoms with Gasteiger partial charge >= 0.3 is 0 Å². The highest BCUT2D eigenvalue weighted by atomic mass is 19.2. The highest BCUT2D eigenvalue weighted by Gasteiger charge is 2.42. The lowest BCUT2D eigenvalue weighted by Crippen LogP contribution is -2.60. The van der Waals surface area contributed by atoms with Gasteiger partial charge in [0.15, 0.2) is 24.1 Å². The Kier molecular flexibility index (Phi) is 6.24. The highest BCUT2D eigenvalue weighted by Crippen LogP contribution is 2.31. The summed E-state index contributed by atoms with van der Waals surface area (Å²) in [4.78, 5) is 13.3. The normalized spacial score (nSPS) is 20.6. The van der Waals surface area contributed by atoms with E-state index in [1.54, 1.807) is 55.4 Å². The molecule has 0 aromatic heterocycles. The summed E-state index contributed by atoms with van der Waals surface area (Å²) in [6, 6.07) is 9.96. The number of hydrazine groups is 1. The van der Waals surface area contributed by atoms with E-state index in [4.69, 9.17) is 14.2 Å². The maximum Gasteiger partial charge on any atom is 0.260 e. The van der Waals surface area contributed by atoms with E-state index in [1.165, 1.54) is 17.3 Å². The van der Waals surface area contributed by atoms with Crippen molar-refractivity contribution in [2.24, 2.45) is 5.10 Å². The third-order valence-corrected chi connectivity index (χ3v) is 5.18. The number of hydrazone groups is 1. The highest BCUT2D eigenvalue weighted by molar-refractivity contribution is 5.95. The second kappa shape index (κ2) is 9.09. The van der Waals surface area contributed by atoms with Gasteiger partial charge in [-0.1, -0.05) is 6.07 Å². The van der Waals surface area contributed by atoms with E-state index in [-0.39, 0.29) is 23.8 Å². The minimum Gasteiger partial charge on any atom is -0.497 e. The summed E-state index contributed by atoms with van der Waals surface area (Å²) in [5.74, 6) is -1.22. The first-order valence-electron chi connectivity index (χ1n) is 10.1. The molecule has 2 heterocycles. The Morgan fingerprint density at radius 2 is 1.94 bits per heavy atom. The number of hydrogen-bond donors (Lipinski definition) is 0. The van der Waals surface area contributed by atoms with Gasteiger partial charge in [-0.2, -0.15) is 14.5 Å². The molecule has 2 unspecified atom stereocenters. The van der Waals surface area contributed by atoms with Gasteiger partial charge in [0.2, 0.25) is 11.7 Å². The van der Waals surface area contributed by atoms with Crippen molar-refractivity contribution in [1.29, 1.82) is 0 Å². The van der Waals surface area contributed by atoms with Gasteiger partial charge in [0.05, 0.1) is 7.11 Å². The zero-order valence-electron chi connectivity index (χ0n) is 18.0. The van der Waals surface area contributed by atoms with Crippen molar-refractivity contribution in [3.05, 3.63) is 59.2 Å². The average molecular weight is 446 g/mol. The number of carbonyl (C=O) groups excluding carboxylic acids is 1. The van der Waals surface area contributed by atoms with Gasteiger partial charge in [0, 0.05) is 30.6 Å². The first-order chi connectivity index (χ1) is 15.4. The summed E-state index contributed by atoms with van der Waals surface area (Å²) < 4.78 is 45.5. The smallest absolute Gasteiger partial charge is 0.260 e. The van der Waals surface area contributed by atoms with E-state index in [1.807, 2.05) is 0 Å². The molecule has 0 radical (unpaired) electrons. The van der Waals surface area contributed by atoms with Crippen LogP contribution in [0.15, 0.2) is 41.5 Å². The standard InChI is InChI=1S/C22H24F2N4O4/c1-26(2)12-15-6-9-17(21(24)20(15)23)31-18-10-11-27(18)28-19(13-29)32-22(25-28)14-4-7-16(30-3)8-5-14/h4-9,13,18-19H,10-12H2,1-3H3. The van der Waals surface area contributed by atoms with Crippen molar-refractivity contribution >= 4 is 12.2 Å². The first-order valence-corrected chi connectivity index (χ1v) is 10.1. The fourth-order valence-electron chi connectivity index (χ4n) is 3.46. The van der Waals surface area contributed by atoms with Crippen molar-refractivity contribution in [3.8, 4) is 11.5 Å². The second-order valence-corrected chi connectivity index (χ2v) is 7.71. The molecule has 1 fully saturated rings. The van der Waals surface area contributed by atoms with Gasteiger partial charge < -0.3 is 19.1 Å². The van der Waals surface area contributed by atoms with Crippen molar-refractivity contribution in [1.82, 2.24) is 15.0 Å². The predicted octanol–water partition coefficient (Wildman–Crippen LogP) is 2.58. The van der Waals surface area contributed by atoms with Gasteiger partial charge in [0.25, 0.3) is 6.23 Å². The lowest BCUT2D eigenvalue weighted by atomic mass is 10.1. The maximum absolute atomic E-state index is 14.6. The Balaban J connectivity index is 1.50. The summed E-state index contributed by atoms with van der Waals surface area (Å²) in [5, 5.41) is 7.40. The van der Waals surface area contributed by atoms with E-state index in [9.17, 15) is 13.6 Å². The number of benzene rings is 2. The van der Waals surface area contributed by atoms with Crippen LogP contribution in [0.1, 0.15) is 17.5 Å². The summed E-state index contributed by atoms with van der Waals surface area (Å²) in [5.41, 5.74) is 0.913. The van der Waals surface area contributed by atoms with Crippen LogP contribution in [-0.4, -0.2) is 67.4 Å². The molecule has 0 spiro atoms. The Hall–Kier alpha value is -3.24. The molecule has 2 aromatic carbocycles. The molecule has 2 aliphatic rings. The van der Waals surface area contributed by atoms with Crippen LogP contribution in [0.3, 0.4) is 0 Å². The van der Waals surface area contributed by atoms with Gasteiger partial charge in [-0.15, -0.1) is 5.10 Å². The van der Waals surface area contributed by atoms with Crippen LogP contribution in [0.25, 0.3) is 0 Å². The predicted molar refractivity (Wildman–Crippen MR) is 112 cm³/mol. The zero-order chi connectivity index (χ0) is 22.8. The van der Waals surface area contributed by atoms with Gasteiger partial charge in [-0.3, -0.25) is 4.79 Å². The fourth-order valence-corrected chi connectivity index (χ4v) is 3.46. The Morgan fingerprint density at radius 3 is 2.53 bits per heavy atom. The summed E-state index contributed by atoms with van der Waals surface area (Å²) in [6.45, 7) is 0.786. The molecular formula is C22H24F2N4O4. The molecule has 8 nitrogen and oxygen atoms in total. The monoisotopic (exact) mass is 446 g/mol. The molecule has 1 saturated heterocycles. The number of carbonyl (C=O) groups is 1. The number of nitrogens with zero attached hydrogens (tertiary/aromatic N) is 4. The van der Waals surface area contributed by atoms with Gasteiger partial charge in [-0.05, 0) is 44.4 Å². The van der Waals surface area contributed by atoms with Crippen molar-refractivity contribution in [3.63, 3.8) is 0 Å². The molecule has 32 heavy (non-hydrogen) atoms. The van der Waals surface area contributed by atoms with Crippen LogP contribution in [0.4, 0.5) is 8.78 Å². The number of aldehydes is 1. The summed E-state index contributed by atoms with van der Waals surface area (Å²) in [6.07, 6.45) is -0.432.